The van der Waals surface area contributed by atoms with Crippen molar-refractivity contribution in [3.05, 3.63) is 87.8 Å². The Bertz CT molecular complexity index is 1030. The van der Waals surface area contributed by atoms with Gasteiger partial charge in [-0.25, -0.2) is 0 Å². The van der Waals surface area contributed by atoms with Crippen LogP contribution in [0.15, 0.2) is 57.5 Å². The van der Waals surface area contributed by atoms with Crippen LogP contribution in [0.1, 0.15) is 16.5 Å². The zero-order chi connectivity index (χ0) is 19.6. The summed E-state index contributed by atoms with van der Waals surface area (Å²) < 4.78 is 0.598. The van der Waals surface area contributed by atoms with Crippen LogP contribution >= 0.6 is 50.5 Å². The van der Waals surface area contributed by atoms with Gasteiger partial charge >= 0.3 is 0 Å². The molecule has 1 N–H and O–H groups in total. The zero-order valence-corrected chi connectivity index (χ0v) is 17.3. The van der Waals surface area contributed by atoms with Crippen LogP contribution in [0, 0.1) is 15.0 Å². The van der Waals surface area contributed by atoms with E-state index in [-0.39, 0.29) is 5.69 Å². The van der Waals surface area contributed by atoms with Crippen LogP contribution in [-0.2, 0) is 0 Å². The number of nitrogens with one attached hydrogen (secondary N) is 1. The molecule has 1 atom stereocenters. The van der Waals surface area contributed by atoms with Crippen molar-refractivity contribution in [3.8, 4) is 0 Å². The van der Waals surface area contributed by atoms with Crippen molar-refractivity contribution in [3.63, 3.8) is 0 Å². The van der Waals surface area contributed by atoms with Crippen LogP contribution in [0.3, 0.4) is 0 Å². The van der Waals surface area contributed by atoms with E-state index in [9.17, 15) is 15.0 Å². The molecule has 0 amide bonds. The molecule has 0 saturated carbocycles. The number of nitro benzene ring substituents is 1. The summed E-state index contributed by atoms with van der Waals surface area (Å²) >= 11 is 17.0. The highest BCUT2D eigenvalue weighted by Gasteiger charge is 2.22. The predicted molar refractivity (Wildman–Crippen MR) is 112 cm³/mol. The number of thiophene rings is 1. The minimum Gasteiger partial charge on any atom is -0.350 e. The Morgan fingerprint density at radius 3 is 2.52 bits per heavy atom. The first-order valence-electron chi connectivity index (χ1n) is 7.46. The molecule has 27 heavy (non-hydrogen) atoms. The molecule has 1 heterocycles. The fourth-order valence-corrected chi connectivity index (χ4v) is 4.33. The zero-order valence-electron chi connectivity index (χ0n) is 13.4. The number of hydrogen-bond donors (Lipinski definition) is 1. The third-order valence-corrected chi connectivity index (χ3v) is 5.96. The van der Waals surface area contributed by atoms with Crippen molar-refractivity contribution in [2.45, 2.75) is 6.04 Å². The van der Waals surface area contributed by atoms with Gasteiger partial charge in [0.1, 0.15) is 5.69 Å². The maximum atomic E-state index is 11.4. The topological polar surface area (TPSA) is 84.6 Å². The van der Waals surface area contributed by atoms with E-state index in [1.807, 2.05) is 0 Å². The SMILES string of the molecule is O=NC(c1ccc(Nc2ccc(Br)cc2[N+](=O)[O-])cc1Cl)c1sccc1Cl. The van der Waals surface area contributed by atoms with Crippen LogP contribution in [0.25, 0.3) is 0 Å². The van der Waals surface area contributed by atoms with Crippen molar-refractivity contribution < 1.29 is 4.92 Å². The molecule has 0 spiro atoms. The Kier molecular flexibility index (Phi) is 6.11. The molecule has 0 aliphatic heterocycles. The standard InChI is InChI=1S/C17H10BrCl2N3O3S/c18-9-1-4-14(15(7-9)23(25)26)21-10-2-3-11(13(20)8-10)16(22-24)17-12(19)5-6-27-17/h1-8,16,21H. The molecule has 0 fully saturated rings. The van der Waals surface area contributed by atoms with Crippen molar-refractivity contribution >= 4 is 67.5 Å². The highest BCUT2D eigenvalue weighted by molar-refractivity contribution is 9.10. The summed E-state index contributed by atoms with van der Waals surface area (Å²) in [6.45, 7) is 0. The van der Waals surface area contributed by atoms with Crippen molar-refractivity contribution in [1.29, 1.82) is 0 Å². The van der Waals surface area contributed by atoms with Crippen LogP contribution < -0.4 is 5.32 Å². The molecule has 3 rings (SSSR count). The van der Waals surface area contributed by atoms with Gasteiger partial charge in [0.2, 0.25) is 0 Å². The molecule has 10 heteroatoms. The van der Waals surface area contributed by atoms with Gasteiger partial charge in [-0.05, 0) is 35.7 Å². The van der Waals surface area contributed by atoms with Crippen LogP contribution in [-0.4, -0.2) is 4.92 Å². The summed E-state index contributed by atoms with van der Waals surface area (Å²) in [6, 6.07) is 10.5. The highest BCUT2D eigenvalue weighted by atomic mass is 79.9. The number of rotatable bonds is 6. The third kappa shape index (κ3) is 4.30. The second-order valence-electron chi connectivity index (χ2n) is 5.42. The summed E-state index contributed by atoms with van der Waals surface area (Å²) in [7, 11) is 0. The lowest BCUT2D eigenvalue weighted by molar-refractivity contribution is -0.384. The maximum Gasteiger partial charge on any atom is 0.293 e. The third-order valence-electron chi connectivity index (χ3n) is 3.73. The Morgan fingerprint density at radius 1 is 1.15 bits per heavy atom. The van der Waals surface area contributed by atoms with Crippen LogP contribution in [0.5, 0.6) is 0 Å². The lowest BCUT2D eigenvalue weighted by Gasteiger charge is -2.13. The van der Waals surface area contributed by atoms with E-state index < -0.39 is 11.0 Å². The molecule has 0 radical (unpaired) electrons. The van der Waals surface area contributed by atoms with Gasteiger partial charge in [0.15, 0.2) is 6.04 Å². The molecule has 0 saturated heterocycles. The van der Waals surface area contributed by atoms with E-state index in [0.29, 0.717) is 36.3 Å². The van der Waals surface area contributed by atoms with Crippen molar-refractivity contribution in [1.82, 2.24) is 0 Å². The van der Waals surface area contributed by atoms with Gasteiger partial charge in [-0.2, -0.15) is 0 Å². The second-order valence-corrected chi connectivity index (χ2v) is 8.10. The Hall–Kier alpha value is -2.00. The summed E-state index contributed by atoms with van der Waals surface area (Å²) in [5, 5.41) is 19.9. The number of nitro groups is 1. The van der Waals surface area contributed by atoms with Gasteiger partial charge in [-0.15, -0.1) is 16.2 Å². The molecule has 0 bridgehead atoms. The predicted octanol–water partition coefficient (Wildman–Crippen LogP) is 7.33. The smallest absolute Gasteiger partial charge is 0.293 e. The minimum absolute atomic E-state index is 0.0811. The molecule has 1 unspecified atom stereocenters. The molecule has 2 aromatic carbocycles. The number of benzene rings is 2. The molecule has 0 aliphatic rings. The van der Waals surface area contributed by atoms with E-state index in [0.717, 1.165) is 0 Å². The number of hydrogen-bond acceptors (Lipinski definition) is 6. The van der Waals surface area contributed by atoms with E-state index in [2.05, 4.69) is 26.4 Å². The van der Waals surface area contributed by atoms with E-state index >= 15 is 0 Å². The molecule has 6 nitrogen and oxygen atoms in total. The molecule has 138 valence electrons. The van der Waals surface area contributed by atoms with Crippen molar-refractivity contribution in [2.24, 2.45) is 5.18 Å². The summed E-state index contributed by atoms with van der Waals surface area (Å²) in [4.78, 5) is 22.7. The average molecular weight is 487 g/mol. The minimum atomic E-state index is -0.818. The van der Waals surface area contributed by atoms with Gasteiger partial charge in [-0.1, -0.05) is 50.4 Å². The average Bonchev–Trinajstić information content (AvgIpc) is 3.04. The fraction of sp³-hybridized carbons (Fsp3) is 0.0588. The lowest BCUT2D eigenvalue weighted by atomic mass is 10.1. The first kappa shape index (κ1) is 19.8. The van der Waals surface area contributed by atoms with E-state index in [4.69, 9.17) is 23.2 Å². The highest BCUT2D eigenvalue weighted by Crippen LogP contribution is 2.39. The molecular formula is C17H10BrCl2N3O3S. The van der Waals surface area contributed by atoms with Gasteiger partial charge < -0.3 is 5.32 Å². The molecular weight excluding hydrogens is 477 g/mol. The van der Waals surface area contributed by atoms with Crippen LogP contribution in [0.2, 0.25) is 10.0 Å². The normalized spacial score (nSPS) is 11.8. The number of halogens is 3. The number of anilines is 2. The summed E-state index contributed by atoms with van der Waals surface area (Å²) in [5.41, 5.74) is 1.28. The van der Waals surface area contributed by atoms with Gasteiger partial charge in [-0.3, -0.25) is 10.1 Å². The summed E-state index contributed by atoms with van der Waals surface area (Å²) in [5.74, 6) is 0. The molecule has 3 aromatic rings. The Labute approximate surface area is 176 Å². The van der Waals surface area contributed by atoms with Gasteiger partial charge in [0.05, 0.1) is 14.8 Å². The Morgan fingerprint density at radius 2 is 1.93 bits per heavy atom. The van der Waals surface area contributed by atoms with E-state index in [1.54, 1.807) is 41.8 Å². The first-order chi connectivity index (χ1) is 12.9. The van der Waals surface area contributed by atoms with Gasteiger partial charge in [0, 0.05) is 26.8 Å². The fourth-order valence-electron chi connectivity index (χ4n) is 2.49. The quantitative estimate of drug-likeness (QED) is 0.224. The first-order valence-corrected chi connectivity index (χ1v) is 9.89. The number of nitroso groups, excluding NO2 is 1. The Balaban J connectivity index is 1.93. The monoisotopic (exact) mass is 485 g/mol. The largest absolute Gasteiger partial charge is 0.350 e. The van der Waals surface area contributed by atoms with Crippen LogP contribution in [0.4, 0.5) is 17.1 Å². The maximum absolute atomic E-state index is 11.4. The molecule has 0 aliphatic carbocycles. The number of nitrogens with zero attached hydrogens (tertiary/aromatic N) is 2. The summed E-state index contributed by atoms with van der Waals surface area (Å²) in [6.07, 6.45) is 0. The second kappa shape index (κ2) is 8.35. The molecule has 1 aromatic heterocycles. The van der Waals surface area contributed by atoms with Gasteiger partial charge in [0.25, 0.3) is 5.69 Å². The van der Waals surface area contributed by atoms with E-state index in [1.165, 1.54) is 17.4 Å². The van der Waals surface area contributed by atoms with Crippen molar-refractivity contribution in [2.75, 3.05) is 5.32 Å². The lowest BCUT2D eigenvalue weighted by Crippen LogP contribution is -2.00.